The van der Waals surface area contributed by atoms with E-state index in [1.807, 2.05) is 31.1 Å². The number of hydrazone groups is 1. The van der Waals surface area contributed by atoms with Gasteiger partial charge in [0, 0.05) is 30.6 Å². The summed E-state index contributed by atoms with van der Waals surface area (Å²) >= 11 is 0. The zero-order valence-electron chi connectivity index (χ0n) is 15.4. The quantitative estimate of drug-likeness (QED) is 0.381. The fourth-order valence-corrected chi connectivity index (χ4v) is 3.82. The second kappa shape index (κ2) is 7.27. The summed E-state index contributed by atoms with van der Waals surface area (Å²) in [5.41, 5.74) is 1.17. The van der Waals surface area contributed by atoms with Gasteiger partial charge < -0.3 is 15.0 Å². The van der Waals surface area contributed by atoms with Crippen LogP contribution in [-0.4, -0.2) is 43.2 Å². The smallest absolute Gasteiger partial charge is 0.390 e. The second-order valence-corrected chi connectivity index (χ2v) is 7.80. The van der Waals surface area contributed by atoms with E-state index in [1.54, 1.807) is 18.2 Å². The van der Waals surface area contributed by atoms with Gasteiger partial charge in [-0.15, -0.1) is 0 Å². The Balaban J connectivity index is 1.94. The van der Waals surface area contributed by atoms with Crippen molar-refractivity contribution in [2.45, 2.75) is 4.90 Å². The predicted molar refractivity (Wildman–Crippen MR) is 106 cm³/mol. The molecule has 3 aromatic rings. The summed E-state index contributed by atoms with van der Waals surface area (Å²) < 4.78 is 26.7. The number of anilines is 1. The summed E-state index contributed by atoms with van der Waals surface area (Å²) in [6.45, 7) is 0. The van der Waals surface area contributed by atoms with E-state index in [9.17, 15) is 18.5 Å². The highest BCUT2D eigenvalue weighted by molar-refractivity contribution is 7.89. The van der Waals surface area contributed by atoms with Crippen molar-refractivity contribution in [3.05, 3.63) is 58.4 Å². The third-order valence-corrected chi connectivity index (χ3v) is 5.44. The molecule has 0 aliphatic heterocycles. The van der Waals surface area contributed by atoms with Gasteiger partial charge >= 0.3 is 5.95 Å². The van der Waals surface area contributed by atoms with Gasteiger partial charge in [-0.05, 0) is 17.1 Å². The summed E-state index contributed by atoms with van der Waals surface area (Å²) in [4.78, 5) is 18.0. The van der Waals surface area contributed by atoms with Crippen molar-refractivity contribution in [2.24, 2.45) is 12.1 Å². The third kappa shape index (κ3) is 3.51. The lowest BCUT2D eigenvalue weighted by Gasteiger charge is -2.16. The second-order valence-electron chi connectivity index (χ2n) is 6.17. The first-order valence-electron chi connectivity index (χ1n) is 8.12. The Labute approximate surface area is 161 Å². The standard InChI is InChI=1S/C17H18N6O4S/c1-21(2)15-8-4-7-14-13(15)6-5-9-16(14)28(26,27)20-19-11-12-10-18-17(22(12)3)23(24)25/h4-11,20H,1-3H3. The summed E-state index contributed by atoms with van der Waals surface area (Å²) in [7, 11) is 1.25. The number of aromatic nitrogens is 2. The van der Waals surface area contributed by atoms with Gasteiger partial charge in [0.1, 0.15) is 6.20 Å². The zero-order valence-corrected chi connectivity index (χ0v) is 16.2. The third-order valence-electron chi connectivity index (χ3n) is 4.16. The summed E-state index contributed by atoms with van der Waals surface area (Å²) in [5.74, 6) is -0.366. The molecule has 0 atom stereocenters. The van der Waals surface area contributed by atoms with E-state index in [0.717, 1.165) is 17.3 Å². The molecule has 0 radical (unpaired) electrons. The molecule has 0 saturated carbocycles. The van der Waals surface area contributed by atoms with Crippen LogP contribution in [0.25, 0.3) is 10.8 Å². The van der Waals surface area contributed by atoms with Crippen molar-refractivity contribution in [1.29, 1.82) is 0 Å². The topological polar surface area (TPSA) is 123 Å². The molecule has 0 saturated heterocycles. The normalized spacial score (nSPS) is 11.8. The van der Waals surface area contributed by atoms with Crippen LogP contribution >= 0.6 is 0 Å². The Hall–Kier alpha value is -3.47. The maximum absolute atomic E-state index is 12.7. The molecule has 0 fully saturated rings. The van der Waals surface area contributed by atoms with E-state index in [-0.39, 0.29) is 16.5 Å². The number of benzene rings is 2. The summed E-state index contributed by atoms with van der Waals surface area (Å²) in [5, 5.41) is 15.9. The molecule has 11 heteroatoms. The van der Waals surface area contributed by atoms with Crippen molar-refractivity contribution in [1.82, 2.24) is 14.4 Å². The molecular weight excluding hydrogens is 384 g/mol. The molecule has 0 unspecified atom stereocenters. The molecule has 0 aliphatic rings. The number of nitrogens with zero attached hydrogens (tertiary/aromatic N) is 5. The number of imidazole rings is 1. The molecule has 10 nitrogen and oxygen atoms in total. The highest BCUT2D eigenvalue weighted by Gasteiger charge is 2.19. The lowest BCUT2D eigenvalue weighted by molar-refractivity contribution is -0.396. The van der Waals surface area contributed by atoms with Gasteiger partial charge in [-0.1, -0.05) is 29.2 Å². The van der Waals surface area contributed by atoms with Crippen LogP contribution in [0.15, 0.2) is 52.6 Å². The van der Waals surface area contributed by atoms with Gasteiger partial charge in [0.15, 0.2) is 5.69 Å². The molecule has 1 heterocycles. The van der Waals surface area contributed by atoms with E-state index in [4.69, 9.17) is 0 Å². The van der Waals surface area contributed by atoms with Crippen LogP contribution in [0.3, 0.4) is 0 Å². The van der Waals surface area contributed by atoms with E-state index in [2.05, 4.69) is 14.9 Å². The number of hydrogen-bond acceptors (Lipinski definition) is 7. The molecule has 0 spiro atoms. The minimum atomic E-state index is -3.95. The van der Waals surface area contributed by atoms with Gasteiger partial charge in [0.25, 0.3) is 10.0 Å². The van der Waals surface area contributed by atoms with Crippen molar-refractivity contribution in [3.8, 4) is 0 Å². The average molecular weight is 402 g/mol. The monoisotopic (exact) mass is 402 g/mol. The Kier molecular flexibility index (Phi) is 5.01. The van der Waals surface area contributed by atoms with E-state index >= 15 is 0 Å². The summed E-state index contributed by atoms with van der Waals surface area (Å²) in [6.07, 6.45) is 2.39. The highest BCUT2D eigenvalue weighted by atomic mass is 32.2. The first-order valence-corrected chi connectivity index (χ1v) is 9.60. The molecular formula is C17H18N6O4S. The van der Waals surface area contributed by atoms with Gasteiger partial charge in [-0.25, -0.2) is 4.57 Å². The SMILES string of the molecule is CN(C)c1cccc2c(S(=O)(=O)NN=Cc3cnc([N+](=O)[O-])n3C)cccc12. The Bertz CT molecular complexity index is 1180. The van der Waals surface area contributed by atoms with Crippen LogP contribution in [0.5, 0.6) is 0 Å². The van der Waals surface area contributed by atoms with E-state index in [1.165, 1.54) is 23.9 Å². The largest absolute Gasteiger partial charge is 0.434 e. The van der Waals surface area contributed by atoms with Gasteiger partial charge in [0.2, 0.25) is 0 Å². The number of rotatable bonds is 6. The molecule has 146 valence electrons. The predicted octanol–water partition coefficient (Wildman–Crippen LogP) is 1.86. The minimum Gasteiger partial charge on any atom is -0.390 e. The molecule has 2 aromatic carbocycles. The number of sulfonamides is 1. The zero-order chi connectivity index (χ0) is 20.5. The van der Waals surface area contributed by atoms with Crippen LogP contribution in [0, 0.1) is 10.1 Å². The Morgan fingerprint density at radius 1 is 1.21 bits per heavy atom. The van der Waals surface area contributed by atoms with Crippen molar-refractivity contribution >= 4 is 38.6 Å². The molecule has 1 aromatic heterocycles. The van der Waals surface area contributed by atoms with Crippen molar-refractivity contribution < 1.29 is 13.3 Å². The molecule has 0 aliphatic carbocycles. The Morgan fingerprint density at radius 2 is 1.89 bits per heavy atom. The first kappa shape index (κ1) is 19.3. The molecule has 3 rings (SSSR count). The first-order chi connectivity index (χ1) is 13.2. The van der Waals surface area contributed by atoms with Crippen LogP contribution in [0.1, 0.15) is 5.69 Å². The number of fused-ring (bicyclic) bond motifs is 1. The average Bonchev–Trinajstić information content (AvgIpc) is 3.01. The van der Waals surface area contributed by atoms with E-state index < -0.39 is 14.9 Å². The number of nitrogens with one attached hydrogen (secondary N) is 1. The van der Waals surface area contributed by atoms with Crippen LogP contribution < -0.4 is 9.73 Å². The van der Waals surface area contributed by atoms with Gasteiger partial charge in [-0.3, -0.25) is 0 Å². The van der Waals surface area contributed by atoms with Crippen molar-refractivity contribution in [2.75, 3.05) is 19.0 Å². The maximum Gasteiger partial charge on any atom is 0.434 e. The lowest BCUT2D eigenvalue weighted by Crippen LogP contribution is -2.19. The summed E-state index contributed by atoms with van der Waals surface area (Å²) in [6, 6.07) is 10.4. The maximum atomic E-state index is 12.7. The fraction of sp³-hybridized carbons (Fsp3) is 0.176. The number of hydrogen-bond donors (Lipinski definition) is 1. The van der Waals surface area contributed by atoms with Crippen LogP contribution in [0.2, 0.25) is 0 Å². The van der Waals surface area contributed by atoms with Gasteiger partial charge in [0.05, 0.1) is 18.2 Å². The molecule has 1 N–H and O–H groups in total. The Morgan fingerprint density at radius 3 is 2.54 bits per heavy atom. The highest BCUT2D eigenvalue weighted by Crippen LogP contribution is 2.30. The fourth-order valence-electron chi connectivity index (χ4n) is 2.80. The minimum absolute atomic E-state index is 0.0850. The molecule has 0 amide bonds. The van der Waals surface area contributed by atoms with Crippen LogP contribution in [0.4, 0.5) is 11.6 Å². The number of nitro groups is 1. The molecule has 28 heavy (non-hydrogen) atoms. The molecule has 0 bridgehead atoms. The van der Waals surface area contributed by atoms with Crippen LogP contribution in [-0.2, 0) is 17.1 Å². The lowest BCUT2D eigenvalue weighted by atomic mass is 10.1. The van der Waals surface area contributed by atoms with E-state index in [0.29, 0.717) is 5.39 Å². The van der Waals surface area contributed by atoms with Crippen molar-refractivity contribution in [3.63, 3.8) is 0 Å². The van der Waals surface area contributed by atoms with Gasteiger partial charge in [-0.2, -0.15) is 18.4 Å².